The third-order valence-electron chi connectivity index (χ3n) is 3.22. The molecule has 5 heteroatoms. The standard InChI is InChI=1S/C15H22N2O2S/c1-13-2-4-14(5-3-13)16-15(18)12-20-11-8-17-6-9-19-10-7-17/h2-5H,6-12H2,1H3,(H,16,18). The maximum Gasteiger partial charge on any atom is 0.234 e. The molecule has 0 aromatic heterocycles. The molecule has 1 aliphatic heterocycles. The fourth-order valence-corrected chi connectivity index (χ4v) is 2.81. The normalized spacial score (nSPS) is 16.1. The van der Waals surface area contributed by atoms with Crippen LogP contribution in [0.5, 0.6) is 0 Å². The van der Waals surface area contributed by atoms with Crippen molar-refractivity contribution in [2.45, 2.75) is 6.92 Å². The first-order chi connectivity index (χ1) is 9.74. The van der Waals surface area contributed by atoms with Crippen LogP contribution in [-0.4, -0.2) is 55.2 Å². The molecule has 1 N–H and O–H groups in total. The fourth-order valence-electron chi connectivity index (χ4n) is 2.02. The van der Waals surface area contributed by atoms with Gasteiger partial charge in [0.05, 0.1) is 19.0 Å². The van der Waals surface area contributed by atoms with Gasteiger partial charge >= 0.3 is 0 Å². The molecule has 0 spiro atoms. The molecular formula is C15H22N2O2S. The van der Waals surface area contributed by atoms with E-state index in [1.54, 1.807) is 11.8 Å². The summed E-state index contributed by atoms with van der Waals surface area (Å²) in [7, 11) is 0. The van der Waals surface area contributed by atoms with Gasteiger partial charge in [-0.05, 0) is 19.1 Å². The molecule has 20 heavy (non-hydrogen) atoms. The van der Waals surface area contributed by atoms with E-state index in [0.717, 1.165) is 44.3 Å². The molecule has 1 heterocycles. The molecule has 1 aromatic carbocycles. The molecule has 1 aromatic rings. The quantitative estimate of drug-likeness (QED) is 0.815. The molecule has 0 atom stereocenters. The molecule has 4 nitrogen and oxygen atoms in total. The summed E-state index contributed by atoms with van der Waals surface area (Å²) in [4.78, 5) is 14.2. The highest BCUT2D eigenvalue weighted by Gasteiger charge is 2.10. The Hall–Kier alpha value is -1.04. The molecule has 1 saturated heterocycles. The van der Waals surface area contributed by atoms with Gasteiger partial charge in [-0.25, -0.2) is 0 Å². The number of aryl methyl sites for hydroxylation is 1. The van der Waals surface area contributed by atoms with E-state index in [4.69, 9.17) is 4.74 Å². The van der Waals surface area contributed by atoms with Crippen LogP contribution in [0.4, 0.5) is 5.69 Å². The van der Waals surface area contributed by atoms with Crippen LogP contribution in [0.3, 0.4) is 0 Å². The number of hydrogen-bond donors (Lipinski definition) is 1. The molecule has 0 saturated carbocycles. The zero-order chi connectivity index (χ0) is 14.2. The van der Waals surface area contributed by atoms with Crippen molar-refractivity contribution < 1.29 is 9.53 Å². The predicted octanol–water partition coefficient (Wildman–Crippen LogP) is 2.00. The van der Waals surface area contributed by atoms with Gasteiger partial charge in [0.2, 0.25) is 5.91 Å². The summed E-state index contributed by atoms with van der Waals surface area (Å²) in [6.45, 7) is 6.75. The zero-order valence-corrected chi connectivity index (χ0v) is 12.7. The van der Waals surface area contributed by atoms with Crippen LogP contribution in [0.2, 0.25) is 0 Å². The van der Waals surface area contributed by atoms with Crippen LogP contribution in [0.25, 0.3) is 0 Å². The van der Waals surface area contributed by atoms with Crippen LogP contribution >= 0.6 is 11.8 Å². The highest BCUT2D eigenvalue weighted by molar-refractivity contribution is 7.99. The van der Waals surface area contributed by atoms with Crippen LogP contribution in [0.15, 0.2) is 24.3 Å². The van der Waals surface area contributed by atoms with E-state index in [1.165, 1.54) is 5.56 Å². The number of amides is 1. The monoisotopic (exact) mass is 294 g/mol. The number of nitrogens with zero attached hydrogens (tertiary/aromatic N) is 1. The summed E-state index contributed by atoms with van der Waals surface area (Å²) in [5.41, 5.74) is 2.07. The number of rotatable bonds is 6. The second kappa shape index (κ2) is 8.29. The lowest BCUT2D eigenvalue weighted by Gasteiger charge is -2.26. The average Bonchev–Trinajstić information content (AvgIpc) is 2.47. The van der Waals surface area contributed by atoms with Crippen molar-refractivity contribution >= 4 is 23.4 Å². The van der Waals surface area contributed by atoms with Crippen LogP contribution < -0.4 is 5.32 Å². The first-order valence-electron chi connectivity index (χ1n) is 6.98. The van der Waals surface area contributed by atoms with Crippen LogP contribution in [0, 0.1) is 6.92 Å². The Morgan fingerprint density at radius 2 is 2.00 bits per heavy atom. The Morgan fingerprint density at radius 1 is 1.30 bits per heavy atom. The Morgan fingerprint density at radius 3 is 2.70 bits per heavy atom. The lowest BCUT2D eigenvalue weighted by Crippen LogP contribution is -2.37. The molecule has 1 fully saturated rings. The van der Waals surface area contributed by atoms with E-state index in [9.17, 15) is 4.79 Å². The van der Waals surface area contributed by atoms with Gasteiger partial charge in [0.1, 0.15) is 0 Å². The van der Waals surface area contributed by atoms with Crippen molar-refractivity contribution in [3.05, 3.63) is 29.8 Å². The lowest BCUT2D eigenvalue weighted by atomic mass is 10.2. The van der Waals surface area contributed by atoms with Gasteiger partial charge in [0.15, 0.2) is 0 Å². The molecular weight excluding hydrogens is 272 g/mol. The number of morpholine rings is 1. The van der Waals surface area contributed by atoms with Gasteiger partial charge in [-0.2, -0.15) is 11.8 Å². The molecule has 2 rings (SSSR count). The number of benzene rings is 1. The number of carbonyl (C=O) groups excluding carboxylic acids is 1. The van der Waals surface area contributed by atoms with Crippen molar-refractivity contribution in [1.29, 1.82) is 0 Å². The van der Waals surface area contributed by atoms with E-state index in [0.29, 0.717) is 5.75 Å². The Labute approximate surface area is 124 Å². The van der Waals surface area contributed by atoms with E-state index in [2.05, 4.69) is 10.2 Å². The van der Waals surface area contributed by atoms with E-state index in [1.807, 2.05) is 31.2 Å². The number of carbonyl (C=O) groups is 1. The van der Waals surface area contributed by atoms with Gasteiger partial charge < -0.3 is 10.1 Å². The van der Waals surface area contributed by atoms with Gasteiger partial charge in [-0.1, -0.05) is 17.7 Å². The number of anilines is 1. The third kappa shape index (κ3) is 5.53. The number of ether oxygens (including phenoxy) is 1. The van der Waals surface area contributed by atoms with Crippen molar-refractivity contribution in [2.75, 3.05) is 49.7 Å². The molecule has 1 amide bonds. The summed E-state index contributed by atoms with van der Waals surface area (Å²) in [6, 6.07) is 7.87. The third-order valence-corrected chi connectivity index (χ3v) is 4.16. The minimum absolute atomic E-state index is 0.0702. The van der Waals surface area contributed by atoms with Crippen molar-refractivity contribution in [1.82, 2.24) is 4.90 Å². The van der Waals surface area contributed by atoms with E-state index >= 15 is 0 Å². The maximum atomic E-state index is 11.8. The summed E-state index contributed by atoms with van der Waals surface area (Å²) in [6.07, 6.45) is 0. The molecule has 0 unspecified atom stereocenters. The predicted molar refractivity (Wildman–Crippen MR) is 84.4 cm³/mol. The topological polar surface area (TPSA) is 41.6 Å². The van der Waals surface area contributed by atoms with Gasteiger partial charge in [0.25, 0.3) is 0 Å². The first kappa shape index (κ1) is 15.4. The van der Waals surface area contributed by atoms with Crippen LogP contribution in [0.1, 0.15) is 5.56 Å². The minimum atomic E-state index is 0.0702. The Kier molecular flexibility index (Phi) is 6.36. The second-order valence-corrected chi connectivity index (χ2v) is 6.03. The zero-order valence-electron chi connectivity index (χ0n) is 11.9. The number of hydrogen-bond acceptors (Lipinski definition) is 4. The summed E-state index contributed by atoms with van der Waals surface area (Å²) in [5.74, 6) is 1.57. The number of thioether (sulfide) groups is 1. The summed E-state index contributed by atoms with van der Waals surface area (Å²) < 4.78 is 5.31. The van der Waals surface area contributed by atoms with Crippen molar-refractivity contribution in [3.8, 4) is 0 Å². The van der Waals surface area contributed by atoms with Gasteiger partial charge in [-0.15, -0.1) is 0 Å². The second-order valence-electron chi connectivity index (χ2n) is 4.92. The minimum Gasteiger partial charge on any atom is -0.379 e. The van der Waals surface area contributed by atoms with Gasteiger partial charge in [0, 0.05) is 31.1 Å². The summed E-state index contributed by atoms with van der Waals surface area (Å²) in [5, 5.41) is 2.91. The average molecular weight is 294 g/mol. The highest BCUT2D eigenvalue weighted by atomic mass is 32.2. The first-order valence-corrected chi connectivity index (χ1v) is 8.14. The van der Waals surface area contributed by atoms with Gasteiger partial charge in [-0.3, -0.25) is 9.69 Å². The molecule has 1 aliphatic rings. The summed E-state index contributed by atoms with van der Waals surface area (Å²) >= 11 is 1.68. The Bertz CT molecular complexity index is 416. The Balaban J connectivity index is 1.59. The SMILES string of the molecule is Cc1ccc(NC(=O)CSCCN2CCOCC2)cc1. The fraction of sp³-hybridized carbons (Fsp3) is 0.533. The van der Waals surface area contributed by atoms with Crippen molar-refractivity contribution in [2.24, 2.45) is 0 Å². The molecule has 0 bridgehead atoms. The van der Waals surface area contributed by atoms with Crippen molar-refractivity contribution in [3.63, 3.8) is 0 Å². The maximum absolute atomic E-state index is 11.8. The number of nitrogens with one attached hydrogen (secondary N) is 1. The van der Waals surface area contributed by atoms with Crippen LogP contribution in [-0.2, 0) is 9.53 Å². The highest BCUT2D eigenvalue weighted by Crippen LogP contribution is 2.10. The molecule has 0 radical (unpaired) electrons. The molecule has 0 aliphatic carbocycles. The smallest absolute Gasteiger partial charge is 0.234 e. The lowest BCUT2D eigenvalue weighted by molar-refractivity contribution is -0.113. The largest absolute Gasteiger partial charge is 0.379 e. The van der Waals surface area contributed by atoms with E-state index in [-0.39, 0.29) is 5.91 Å². The van der Waals surface area contributed by atoms with E-state index < -0.39 is 0 Å². The molecule has 110 valence electrons.